The third kappa shape index (κ3) is 14.1. The lowest BCUT2D eigenvalue weighted by Gasteiger charge is -2.35. The van der Waals surface area contributed by atoms with Crippen molar-refractivity contribution in [2.45, 2.75) is 142 Å². The first kappa shape index (κ1) is 26.5. The van der Waals surface area contributed by atoms with Crippen molar-refractivity contribution in [3.05, 3.63) is 0 Å². The van der Waals surface area contributed by atoms with E-state index in [2.05, 4.69) is 26.1 Å². The number of hydrogen-bond donors (Lipinski definition) is 1. The highest BCUT2D eigenvalue weighted by molar-refractivity contribution is 5.69. The zero-order valence-electron chi connectivity index (χ0n) is 20.1. The molecule has 0 aliphatic carbocycles. The Morgan fingerprint density at radius 3 is 1.76 bits per heavy atom. The van der Waals surface area contributed by atoms with E-state index in [0.29, 0.717) is 12.3 Å². The second kappa shape index (κ2) is 17.1. The van der Waals surface area contributed by atoms with Crippen LogP contribution in [-0.4, -0.2) is 24.7 Å². The fourth-order valence-electron chi connectivity index (χ4n) is 4.65. The molecule has 1 fully saturated rings. The Kier molecular flexibility index (Phi) is 15.6. The molecule has 2 N–H and O–H groups in total. The van der Waals surface area contributed by atoms with Gasteiger partial charge in [0.15, 0.2) is 0 Å². The fourth-order valence-corrected chi connectivity index (χ4v) is 4.65. The van der Waals surface area contributed by atoms with E-state index >= 15 is 0 Å². The zero-order chi connectivity index (χ0) is 21.2. The molecule has 1 rings (SSSR count). The fraction of sp³-hybridized carbons (Fsp3) is 0.962. The van der Waals surface area contributed by atoms with Crippen LogP contribution in [-0.2, 0) is 9.53 Å². The molecular formula is C26H52NO2+. The third-order valence-corrected chi connectivity index (χ3v) is 6.76. The van der Waals surface area contributed by atoms with Gasteiger partial charge < -0.3 is 10.1 Å². The van der Waals surface area contributed by atoms with E-state index in [0.717, 1.165) is 13.0 Å². The molecule has 0 saturated carbocycles. The van der Waals surface area contributed by atoms with Gasteiger partial charge in [0.25, 0.3) is 0 Å². The lowest BCUT2D eigenvalue weighted by molar-refractivity contribution is -0.671. The summed E-state index contributed by atoms with van der Waals surface area (Å²) < 4.78 is 5.84. The van der Waals surface area contributed by atoms with Crippen LogP contribution < -0.4 is 5.32 Å². The summed E-state index contributed by atoms with van der Waals surface area (Å²) in [6, 6.07) is 0. The average molecular weight is 411 g/mol. The smallest absolute Gasteiger partial charge is 0.306 e. The van der Waals surface area contributed by atoms with E-state index in [1.165, 1.54) is 109 Å². The van der Waals surface area contributed by atoms with E-state index in [9.17, 15) is 4.79 Å². The zero-order valence-corrected chi connectivity index (χ0v) is 20.1. The molecule has 0 radical (unpaired) electrons. The van der Waals surface area contributed by atoms with Gasteiger partial charge >= 0.3 is 5.97 Å². The first-order valence-electron chi connectivity index (χ1n) is 13.1. The van der Waals surface area contributed by atoms with Crippen LogP contribution in [0.15, 0.2) is 0 Å². The maximum absolute atomic E-state index is 12.2. The molecule has 1 saturated heterocycles. The van der Waals surface area contributed by atoms with Gasteiger partial charge in [-0.25, -0.2) is 0 Å². The molecule has 0 bridgehead atoms. The number of quaternary nitrogens is 1. The summed E-state index contributed by atoms with van der Waals surface area (Å²) in [6.45, 7) is 8.80. The molecule has 3 heteroatoms. The minimum Gasteiger partial charge on any atom is -0.459 e. The number of unbranched alkanes of at least 4 members (excludes halogenated alkanes) is 14. The number of piperidine rings is 1. The summed E-state index contributed by atoms with van der Waals surface area (Å²) >= 11 is 0. The second-order valence-corrected chi connectivity index (χ2v) is 9.93. The van der Waals surface area contributed by atoms with Gasteiger partial charge in [-0.2, -0.15) is 0 Å². The van der Waals surface area contributed by atoms with Gasteiger partial charge in [-0.1, -0.05) is 96.8 Å². The average Bonchev–Trinajstić information content (AvgIpc) is 2.71. The maximum Gasteiger partial charge on any atom is 0.306 e. The Hall–Kier alpha value is -0.570. The van der Waals surface area contributed by atoms with E-state index in [-0.39, 0.29) is 11.6 Å². The standard InChI is InChI=1S/C26H51NO2/c1-4-5-6-7-8-9-10-11-12-13-14-15-16-17-18-21-25(28)29-26(2,3)24-20-19-22-27-23-24/h24,27H,4-23H2,1-3H3/p+1. The second-order valence-electron chi connectivity index (χ2n) is 9.93. The highest BCUT2D eigenvalue weighted by Crippen LogP contribution is 2.26. The number of hydrogen-bond acceptors (Lipinski definition) is 2. The van der Waals surface area contributed by atoms with Crippen LogP contribution in [0.5, 0.6) is 0 Å². The number of esters is 1. The third-order valence-electron chi connectivity index (χ3n) is 6.76. The molecule has 172 valence electrons. The topological polar surface area (TPSA) is 42.9 Å². The van der Waals surface area contributed by atoms with Crippen molar-refractivity contribution in [2.75, 3.05) is 13.1 Å². The van der Waals surface area contributed by atoms with E-state index in [1.54, 1.807) is 0 Å². The summed E-state index contributed by atoms with van der Waals surface area (Å²) in [4.78, 5) is 12.2. The molecule has 29 heavy (non-hydrogen) atoms. The molecule has 3 nitrogen and oxygen atoms in total. The molecular weight excluding hydrogens is 358 g/mol. The summed E-state index contributed by atoms with van der Waals surface area (Å²) in [5, 5.41) is 2.36. The van der Waals surface area contributed by atoms with Gasteiger partial charge in [-0.05, 0) is 33.1 Å². The Labute approximate surface area is 182 Å². The lowest BCUT2D eigenvalue weighted by Crippen LogP contribution is -2.88. The molecule has 0 spiro atoms. The van der Waals surface area contributed by atoms with E-state index in [1.807, 2.05) is 0 Å². The number of ether oxygens (including phenoxy) is 1. The Bertz CT molecular complexity index is 388. The molecule has 0 aromatic rings. The van der Waals surface area contributed by atoms with Crippen LogP contribution in [0.2, 0.25) is 0 Å². The summed E-state index contributed by atoms with van der Waals surface area (Å²) in [5.74, 6) is 0.511. The van der Waals surface area contributed by atoms with Gasteiger partial charge in [-0.15, -0.1) is 0 Å². The molecule has 0 amide bonds. The molecule has 1 heterocycles. The van der Waals surface area contributed by atoms with Gasteiger partial charge in [-0.3, -0.25) is 4.79 Å². The van der Waals surface area contributed by atoms with Crippen LogP contribution in [0.25, 0.3) is 0 Å². The van der Waals surface area contributed by atoms with Crippen molar-refractivity contribution in [2.24, 2.45) is 5.92 Å². The van der Waals surface area contributed by atoms with Crippen molar-refractivity contribution in [1.82, 2.24) is 0 Å². The first-order valence-corrected chi connectivity index (χ1v) is 13.1. The Morgan fingerprint density at radius 2 is 1.31 bits per heavy atom. The Balaban J connectivity index is 1.86. The molecule has 1 atom stereocenters. The predicted molar refractivity (Wildman–Crippen MR) is 124 cm³/mol. The molecule has 1 aliphatic rings. The lowest BCUT2D eigenvalue weighted by atomic mass is 9.85. The summed E-state index contributed by atoms with van der Waals surface area (Å²) in [6.07, 6.45) is 23.3. The summed E-state index contributed by atoms with van der Waals surface area (Å²) in [5.41, 5.74) is -0.302. The van der Waals surface area contributed by atoms with Crippen molar-refractivity contribution >= 4 is 5.97 Å². The molecule has 0 aromatic carbocycles. The highest BCUT2D eigenvalue weighted by atomic mass is 16.6. The molecule has 0 aromatic heterocycles. The van der Waals surface area contributed by atoms with E-state index in [4.69, 9.17) is 4.74 Å². The van der Waals surface area contributed by atoms with Crippen LogP contribution in [0, 0.1) is 5.92 Å². The van der Waals surface area contributed by atoms with E-state index < -0.39 is 0 Å². The maximum atomic E-state index is 12.2. The normalized spacial score (nSPS) is 17.4. The van der Waals surface area contributed by atoms with Crippen molar-refractivity contribution in [1.29, 1.82) is 0 Å². The van der Waals surface area contributed by atoms with Gasteiger partial charge in [0.2, 0.25) is 0 Å². The Morgan fingerprint density at radius 1 is 0.828 bits per heavy atom. The van der Waals surface area contributed by atoms with Gasteiger partial charge in [0.1, 0.15) is 5.60 Å². The van der Waals surface area contributed by atoms with Crippen LogP contribution in [0.3, 0.4) is 0 Å². The van der Waals surface area contributed by atoms with Crippen molar-refractivity contribution in [3.63, 3.8) is 0 Å². The van der Waals surface area contributed by atoms with Crippen LogP contribution >= 0.6 is 0 Å². The van der Waals surface area contributed by atoms with Gasteiger partial charge in [0, 0.05) is 12.3 Å². The minimum absolute atomic E-state index is 0.00951. The monoisotopic (exact) mass is 410 g/mol. The SMILES string of the molecule is CCCCCCCCCCCCCCCCCC(=O)OC(C)(C)C1CCC[NH2+]C1. The molecule has 1 unspecified atom stereocenters. The molecule has 1 aliphatic heterocycles. The number of nitrogens with two attached hydrogens (primary N) is 1. The number of carbonyl (C=O) groups excluding carboxylic acids is 1. The minimum atomic E-state index is -0.302. The van der Waals surface area contributed by atoms with Gasteiger partial charge in [0.05, 0.1) is 13.1 Å². The number of rotatable bonds is 18. The first-order chi connectivity index (χ1) is 14.1. The van der Waals surface area contributed by atoms with Crippen molar-refractivity contribution in [3.8, 4) is 0 Å². The van der Waals surface area contributed by atoms with Crippen molar-refractivity contribution < 1.29 is 14.8 Å². The van der Waals surface area contributed by atoms with Crippen LogP contribution in [0.1, 0.15) is 136 Å². The number of carbonyl (C=O) groups is 1. The quantitative estimate of drug-likeness (QED) is 0.206. The largest absolute Gasteiger partial charge is 0.459 e. The van der Waals surface area contributed by atoms with Crippen LogP contribution in [0.4, 0.5) is 0 Å². The highest BCUT2D eigenvalue weighted by Gasteiger charge is 2.35. The predicted octanol–water partition coefficient (Wildman–Crippen LogP) is 6.54. The summed E-state index contributed by atoms with van der Waals surface area (Å²) in [7, 11) is 0.